The Morgan fingerprint density at radius 2 is 1.57 bits per heavy atom. The van der Waals surface area contributed by atoms with Crippen molar-refractivity contribution in [3.05, 3.63) is 63.7 Å². The topological polar surface area (TPSA) is 89.3 Å². The summed E-state index contributed by atoms with van der Waals surface area (Å²) in [6, 6.07) is 10.6. The van der Waals surface area contributed by atoms with Gasteiger partial charge in [-0.05, 0) is 31.0 Å². The Labute approximate surface area is 122 Å². The fourth-order valence-electron chi connectivity index (χ4n) is 2.00. The van der Waals surface area contributed by atoms with Gasteiger partial charge in [-0.15, -0.1) is 0 Å². The van der Waals surface area contributed by atoms with E-state index in [4.69, 9.17) is 0 Å². The van der Waals surface area contributed by atoms with E-state index in [-0.39, 0.29) is 4.90 Å². The third-order valence-electron chi connectivity index (χ3n) is 3.07. The molecule has 7 heteroatoms. The number of nitrogens with one attached hydrogen (secondary N) is 1. The molecule has 2 aromatic rings. The van der Waals surface area contributed by atoms with E-state index in [9.17, 15) is 18.5 Å². The SMILES string of the molecule is Cc1cccc(C)c1NS(=O)(=O)c1ccccc1[N+](=O)[O-]. The summed E-state index contributed by atoms with van der Waals surface area (Å²) in [4.78, 5) is 9.91. The smallest absolute Gasteiger partial charge is 0.279 e. The van der Waals surface area contributed by atoms with Crippen LogP contribution in [0.3, 0.4) is 0 Å². The molecule has 21 heavy (non-hydrogen) atoms. The van der Waals surface area contributed by atoms with Crippen molar-refractivity contribution in [2.45, 2.75) is 18.7 Å². The first-order valence-corrected chi connectivity index (χ1v) is 7.63. The molecule has 0 unspecified atom stereocenters. The molecular formula is C14H14N2O4S. The molecule has 0 saturated carbocycles. The molecule has 0 bridgehead atoms. The maximum absolute atomic E-state index is 12.4. The molecule has 0 heterocycles. The Morgan fingerprint density at radius 3 is 2.14 bits per heavy atom. The number of hydrogen-bond donors (Lipinski definition) is 1. The molecule has 0 aliphatic rings. The predicted molar refractivity (Wildman–Crippen MR) is 79.8 cm³/mol. The van der Waals surface area contributed by atoms with Gasteiger partial charge in [0.1, 0.15) is 0 Å². The number of anilines is 1. The van der Waals surface area contributed by atoms with Crippen LogP contribution < -0.4 is 4.72 Å². The molecule has 2 aromatic carbocycles. The van der Waals surface area contributed by atoms with Crippen LogP contribution in [0.5, 0.6) is 0 Å². The largest absolute Gasteiger partial charge is 0.289 e. The summed E-state index contributed by atoms with van der Waals surface area (Å²) in [6.07, 6.45) is 0. The Bertz CT molecular complexity index is 780. The summed E-state index contributed by atoms with van der Waals surface area (Å²) in [5.74, 6) is 0. The zero-order valence-electron chi connectivity index (χ0n) is 11.5. The molecule has 2 rings (SSSR count). The van der Waals surface area contributed by atoms with E-state index in [2.05, 4.69) is 4.72 Å². The minimum Gasteiger partial charge on any atom is -0.279 e. The lowest BCUT2D eigenvalue weighted by atomic mass is 10.1. The van der Waals surface area contributed by atoms with E-state index in [1.54, 1.807) is 26.0 Å². The van der Waals surface area contributed by atoms with Gasteiger partial charge in [0.05, 0.1) is 10.6 Å². The van der Waals surface area contributed by atoms with Crippen LogP contribution in [-0.4, -0.2) is 13.3 Å². The second-order valence-electron chi connectivity index (χ2n) is 4.60. The molecule has 0 saturated heterocycles. The van der Waals surface area contributed by atoms with Crippen molar-refractivity contribution in [2.24, 2.45) is 0 Å². The maximum atomic E-state index is 12.4. The number of nitrogens with zero attached hydrogens (tertiary/aromatic N) is 1. The average Bonchev–Trinajstić information content (AvgIpc) is 2.43. The number of para-hydroxylation sites is 2. The Balaban J connectivity index is 2.52. The first-order chi connectivity index (χ1) is 9.83. The summed E-state index contributed by atoms with van der Waals surface area (Å²) in [5.41, 5.74) is 1.49. The van der Waals surface area contributed by atoms with Gasteiger partial charge in [-0.3, -0.25) is 14.8 Å². The zero-order chi connectivity index (χ0) is 15.6. The number of nitro groups is 1. The first-order valence-electron chi connectivity index (χ1n) is 6.15. The molecule has 0 amide bonds. The maximum Gasteiger partial charge on any atom is 0.289 e. The molecule has 0 atom stereocenters. The van der Waals surface area contributed by atoms with Crippen LogP contribution in [0.15, 0.2) is 47.4 Å². The number of rotatable bonds is 4. The number of sulfonamides is 1. The van der Waals surface area contributed by atoms with Gasteiger partial charge in [-0.25, -0.2) is 8.42 Å². The van der Waals surface area contributed by atoms with Crippen molar-refractivity contribution < 1.29 is 13.3 Å². The molecule has 1 N–H and O–H groups in total. The number of hydrogen-bond acceptors (Lipinski definition) is 4. The molecule has 0 aliphatic heterocycles. The van der Waals surface area contributed by atoms with Crippen LogP contribution in [0.2, 0.25) is 0 Å². The normalized spacial score (nSPS) is 11.1. The van der Waals surface area contributed by atoms with Crippen LogP contribution in [0.1, 0.15) is 11.1 Å². The van der Waals surface area contributed by atoms with Crippen LogP contribution in [0.4, 0.5) is 11.4 Å². The highest BCUT2D eigenvalue weighted by atomic mass is 32.2. The second kappa shape index (κ2) is 5.53. The van der Waals surface area contributed by atoms with Crippen molar-refractivity contribution in [3.63, 3.8) is 0 Å². The average molecular weight is 306 g/mol. The second-order valence-corrected chi connectivity index (χ2v) is 6.25. The minimum absolute atomic E-state index is 0.349. The van der Waals surface area contributed by atoms with Gasteiger partial charge in [-0.2, -0.15) is 0 Å². The number of nitro benzene ring substituents is 1. The van der Waals surface area contributed by atoms with Crippen molar-refractivity contribution >= 4 is 21.4 Å². The Hall–Kier alpha value is -2.41. The molecule has 0 aliphatic carbocycles. The van der Waals surface area contributed by atoms with Gasteiger partial charge in [0, 0.05) is 6.07 Å². The molecule has 6 nitrogen and oxygen atoms in total. The van der Waals surface area contributed by atoms with Crippen LogP contribution in [0.25, 0.3) is 0 Å². The quantitative estimate of drug-likeness (QED) is 0.694. The first kappa shape index (κ1) is 15.0. The van der Waals surface area contributed by atoms with Gasteiger partial charge in [0.25, 0.3) is 15.7 Å². The fourth-order valence-corrected chi connectivity index (χ4v) is 3.38. The number of benzene rings is 2. The summed E-state index contributed by atoms with van der Waals surface area (Å²) in [7, 11) is -4.03. The van der Waals surface area contributed by atoms with Gasteiger partial charge >= 0.3 is 0 Å². The monoisotopic (exact) mass is 306 g/mol. The highest BCUT2D eigenvalue weighted by molar-refractivity contribution is 7.92. The lowest BCUT2D eigenvalue weighted by Gasteiger charge is -2.13. The third-order valence-corrected chi connectivity index (χ3v) is 4.47. The summed E-state index contributed by atoms with van der Waals surface area (Å²) in [6.45, 7) is 3.54. The lowest BCUT2D eigenvalue weighted by Crippen LogP contribution is -2.16. The van der Waals surface area contributed by atoms with Crippen molar-refractivity contribution in [1.82, 2.24) is 0 Å². The lowest BCUT2D eigenvalue weighted by molar-refractivity contribution is -0.387. The Morgan fingerprint density at radius 1 is 1.00 bits per heavy atom. The van der Waals surface area contributed by atoms with Gasteiger partial charge < -0.3 is 0 Å². The number of aryl methyl sites for hydroxylation is 2. The standard InChI is InChI=1S/C14H14N2O4S/c1-10-6-5-7-11(2)14(10)15-21(19,20)13-9-4-3-8-12(13)16(17)18/h3-9,15H,1-2H3. The van der Waals surface area contributed by atoms with E-state index < -0.39 is 20.6 Å². The Kier molecular flexibility index (Phi) is 3.95. The molecule has 0 radical (unpaired) electrons. The van der Waals surface area contributed by atoms with Gasteiger partial charge in [-0.1, -0.05) is 30.3 Å². The molecule has 110 valence electrons. The molecular weight excluding hydrogens is 292 g/mol. The van der Waals surface area contributed by atoms with E-state index in [1.807, 2.05) is 6.07 Å². The predicted octanol–water partition coefficient (Wildman–Crippen LogP) is 3.01. The third kappa shape index (κ3) is 3.03. The highest BCUT2D eigenvalue weighted by Crippen LogP contribution is 2.27. The van der Waals surface area contributed by atoms with E-state index >= 15 is 0 Å². The van der Waals surface area contributed by atoms with E-state index in [1.165, 1.54) is 24.3 Å². The molecule has 0 aromatic heterocycles. The van der Waals surface area contributed by atoms with Crippen LogP contribution >= 0.6 is 0 Å². The van der Waals surface area contributed by atoms with Crippen LogP contribution in [0, 0.1) is 24.0 Å². The van der Waals surface area contributed by atoms with E-state index in [0.717, 1.165) is 11.1 Å². The van der Waals surface area contributed by atoms with E-state index in [0.29, 0.717) is 5.69 Å². The summed E-state index contributed by atoms with van der Waals surface area (Å²) < 4.78 is 27.3. The van der Waals surface area contributed by atoms with Gasteiger partial charge in [0.2, 0.25) is 0 Å². The molecule has 0 spiro atoms. The molecule has 0 fully saturated rings. The zero-order valence-corrected chi connectivity index (χ0v) is 12.3. The van der Waals surface area contributed by atoms with Crippen molar-refractivity contribution in [1.29, 1.82) is 0 Å². The minimum atomic E-state index is -4.03. The summed E-state index contributed by atoms with van der Waals surface area (Å²) in [5, 5.41) is 11.0. The van der Waals surface area contributed by atoms with Crippen LogP contribution in [-0.2, 0) is 10.0 Å². The van der Waals surface area contributed by atoms with Crippen molar-refractivity contribution in [3.8, 4) is 0 Å². The summed E-state index contributed by atoms with van der Waals surface area (Å²) >= 11 is 0. The van der Waals surface area contributed by atoms with Gasteiger partial charge in [0.15, 0.2) is 4.90 Å². The van der Waals surface area contributed by atoms with Crippen molar-refractivity contribution in [2.75, 3.05) is 4.72 Å². The highest BCUT2D eigenvalue weighted by Gasteiger charge is 2.25. The fraction of sp³-hybridized carbons (Fsp3) is 0.143.